The normalized spacial score (nSPS) is 22.2. The molecule has 6 heterocycles. The molecule has 3 aromatic heterocycles. The highest BCUT2D eigenvalue weighted by molar-refractivity contribution is 5.58. The Morgan fingerprint density at radius 3 is 1.02 bits per heavy atom. The van der Waals surface area contributed by atoms with Crippen LogP contribution in [0.2, 0.25) is 0 Å². The third-order valence-electron chi connectivity index (χ3n) is 13.3. The summed E-state index contributed by atoms with van der Waals surface area (Å²) < 4.78 is 0. The molecule has 0 aromatic carbocycles. The average molecular weight is 856 g/mol. The fourth-order valence-electron chi connectivity index (χ4n) is 12.1. The van der Waals surface area contributed by atoms with Crippen molar-refractivity contribution in [2.75, 3.05) is 16.0 Å². The molecule has 0 bridgehead atoms. The Balaban J connectivity index is 1.47. The number of anilines is 3. The van der Waals surface area contributed by atoms with E-state index in [9.17, 15) is 0 Å². The van der Waals surface area contributed by atoms with Gasteiger partial charge >= 0.3 is 0 Å². The molecule has 344 valence electrons. The largest absolute Gasteiger partial charge is 0.329 e. The number of nitrogens with zero attached hydrogens (tertiary/aromatic N) is 9. The maximum Gasteiger partial charge on any atom is 0.188 e. The van der Waals surface area contributed by atoms with Gasteiger partial charge in [0.05, 0.1) is 18.6 Å². The van der Waals surface area contributed by atoms with E-state index < -0.39 is 5.79 Å². The van der Waals surface area contributed by atoms with Crippen LogP contribution in [0.1, 0.15) is 221 Å². The van der Waals surface area contributed by atoms with Gasteiger partial charge in [-0.2, -0.15) is 0 Å². The highest BCUT2D eigenvalue weighted by Crippen LogP contribution is 2.45. The van der Waals surface area contributed by atoms with Gasteiger partial charge in [0.25, 0.3) is 0 Å². The molecule has 3 aliphatic heterocycles. The molecular weight excluding hydrogens is 775 g/mol. The molecule has 0 radical (unpaired) electrons. The fraction of sp³-hybridized carbons (Fsp3) is 0.809. The van der Waals surface area contributed by atoms with Crippen molar-refractivity contribution in [3.8, 4) is 0 Å². The van der Waals surface area contributed by atoms with Gasteiger partial charge in [-0.15, -0.1) is 30.6 Å². The molecule has 0 spiro atoms. The highest BCUT2D eigenvalue weighted by atomic mass is 15.5. The minimum Gasteiger partial charge on any atom is -0.329 e. The number of piperidine rings is 3. The van der Waals surface area contributed by atoms with E-state index in [2.05, 4.69) is 153 Å². The number of hydrogen-bond acceptors (Lipinski definition) is 15. The molecule has 15 heteroatoms. The molecule has 3 saturated heterocycles. The van der Waals surface area contributed by atoms with Crippen LogP contribution >= 0.6 is 0 Å². The topological polar surface area (TPSA) is 188 Å². The van der Waals surface area contributed by atoms with Gasteiger partial charge in [-0.3, -0.25) is 0 Å². The summed E-state index contributed by atoms with van der Waals surface area (Å²) in [4.78, 5) is 0. The van der Waals surface area contributed by atoms with Gasteiger partial charge in [0, 0.05) is 56.3 Å². The van der Waals surface area contributed by atoms with Crippen molar-refractivity contribution >= 4 is 17.5 Å². The van der Waals surface area contributed by atoms with Crippen LogP contribution in [0.15, 0.2) is 18.6 Å². The van der Waals surface area contributed by atoms with E-state index in [4.69, 9.17) is 15.3 Å². The van der Waals surface area contributed by atoms with Gasteiger partial charge in [-0.05, 0) is 161 Å². The molecule has 6 rings (SSSR count). The average Bonchev–Trinajstić information content (AvgIpc) is 3.13. The second-order valence-corrected chi connectivity index (χ2v) is 23.2. The monoisotopic (exact) mass is 856 g/mol. The van der Waals surface area contributed by atoms with E-state index in [0.717, 1.165) is 68.1 Å². The first-order chi connectivity index (χ1) is 29.0. The highest BCUT2D eigenvalue weighted by Gasteiger charge is 2.44. The molecule has 0 unspecified atom stereocenters. The van der Waals surface area contributed by atoms with Crippen molar-refractivity contribution in [3.05, 3.63) is 35.3 Å². The van der Waals surface area contributed by atoms with E-state index in [0.29, 0.717) is 23.9 Å². The zero-order valence-electron chi connectivity index (χ0n) is 40.6. The Bertz CT molecular complexity index is 1670. The smallest absolute Gasteiger partial charge is 0.188 e. The van der Waals surface area contributed by atoms with Crippen LogP contribution in [-0.4, -0.2) is 85.3 Å². The summed E-state index contributed by atoms with van der Waals surface area (Å²) in [6.07, 6.45) is 21.4. The van der Waals surface area contributed by atoms with Crippen LogP contribution in [0.5, 0.6) is 0 Å². The SMILES string of the molecule is CCCCCCCCCCC(Nc1nnncc1C1CC(C)(C)NC(C)(C)C1)(Nc1nnncc1C1CC(C)(C)NC(C)(C)C1)Nc1nnncc1C1CC(C)(C)NC(C)(C)C1. The first kappa shape index (κ1) is 47.8. The Morgan fingerprint density at radius 1 is 0.452 bits per heavy atom. The second kappa shape index (κ2) is 18.8. The Morgan fingerprint density at radius 2 is 0.726 bits per heavy atom. The van der Waals surface area contributed by atoms with Crippen molar-refractivity contribution in [2.24, 2.45) is 0 Å². The van der Waals surface area contributed by atoms with Crippen LogP contribution in [0.25, 0.3) is 0 Å². The zero-order valence-corrected chi connectivity index (χ0v) is 40.6. The molecule has 15 nitrogen and oxygen atoms in total. The second-order valence-electron chi connectivity index (χ2n) is 23.2. The molecule has 3 aliphatic rings. The molecule has 3 aromatic rings. The van der Waals surface area contributed by atoms with Gasteiger partial charge < -0.3 is 31.9 Å². The number of aromatic nitrogens is 9. The third-order valence-corrected chi connectivity index (χ3v) is 13.3. The maximum atomic E-state index is 4.82. The van der Waals surface area contributed by atoms with Gasteiger partial charge in [0.2, 0.25) is 0 Å². The minimum atomic E-state index is -1.07. The predicted molar refractivity (Wildman–Crippen MR) is 250 cm³/mol. The van der Waals surface area contributed by atoms with Crippen LogP contribution in [0.3, 0.4) is 0 Å². The lowest BCUT2D eigenvalue weighted by atomic mass is 9.73. The molecule has 0 aliphatic carbocycles. The molecule has 0 amide bonds. The lowest BCUT2D eigenvalue weighted by Crippen LogP contribution is -2.58. The Hall–Kier alpha value is -3.69. The number of unbranched alkanes of at least 4 members (excludes halogenated alkanes) is 7. The molecule has 0 saturated carbocycles. The lowest BCUT2D eigenvalue weighted by Gasteiger charge is -2.47. The van der Waals surface area contributed by atoms with Crippen LogP contribution in [0.4, 0.5) is 17.5 Å². The van der Waals surface area contributed by atoms with E-state index in [1.807, 2.05) is 18.6 Å². The van der Waals surface area contributed by atoms with Crippen molar-refractivity contribution in [3.63, 3.8) is 0 Å². The van der Waals surface area contributed by atoms with Gasteiger partial charge in [-0.1, -0.05) is 51.9 Å². The van der Waals surface area contributed by atoms with Gasteiger partial charge in [0.15, 0.2) is 23.2 Å². The summed E-state index contributed by atoms with van der Waals surface area (Å²) in [6, 6.07) is 0. The van der Waals surface area contributed by atoms with Crippen molar-refractivity contribution in [2.45, 2.75) is 243 Å². The van der Waals surface area contributed by atoms with E-state index in [1.165, 1.54) is 38.5 Å². The first-order valence-electron chi connectivity index (χ1n) is 23.8. The fourth-order valence-corrected chi connectivity index (χ4v) is 12.1. The molecular formula is C47H81N15. The molecule has 0 atom stereocenters. The molecule has 62 heavy (non-hydrogen) atoms. The lowest BCUT2D eigenvalue weighted by molar-refractivity contribution is 0.161. The summed E-state index contributed by atoms with van der Waals surface area (Å²) in [7, 11) is 0. The Kier molecular flexibility index (Phi) is 14.5. The predicted octanol–water partition coefficient (Wildman–Crippen LogP) is 9.13. The number of nitrogens with one attached hydrogen (secondary N) is 6. The van der Waals surface area contributed by atoms with E-state index in [-0.39, 0.29) is 51.0 Å². The van der Waals surface area contributed by atoms with Gasteiger partial charge in [-0.25, -0.2) is 0 Å². The van der Waals surface area contributed by atoms with Crippen molar-refractivity contribution in [1.82, 2.24) is 62.2 Å². The summed E-state index contributed by atoms with van der Waals surface area (Å²) in [5, 5.41) is 64.1. The number of hydrogen-bond donors (Lipinski definition) is 6. The molecule has 3 fully saturated rings. The maximum absolute atomic E-state index is 4.82. The number of rotatable bonds is 18. The van der Waals surface area contributed by atoms with Gasteiger partial charge in [0.1, 0.15) is 0 Å². The summed E-state index contributed by atoms with van der Waals surface area (Å²) >= 11 is 0. The Labute approximate surface area is 372 Å². The summed E-state index contributed by atoms with van der Waals surface area (Å²) in [5.74, 6) is 1.50. The minimum absolute atomic E-state index is 0.0897. The molecule has 6 N–H and O–H groups in total. The quantitative estimate of drug-likeness (QED) is 0.0525. The third kappa shape index (κ3) is 13.0. The van der Waals surface area contributed by atoms with Crippen molar-refractivity contribution < 1.29 is 0 Å². The summed E-state index contributed by atoms with van der Waals surface area (Å²) in [6.45, 7) is 29.7. The van der Waals surface area contributed by atoms with E-state index in [1.54, 1.807) is 0 Å². The van der Waals surface area contributed by atoms with Crippen LogP contribution < -0.4 is 31.9 Å². The standard InChI is InChI=1S/C47H81N15/c1-14-15-16-17-18-19-20-21-22-47(51-38-35(29-48-60-54-38)32-23-41(2,3)57-42(4,5)24-32,52-39-36(30-49-61-55-39)33-25-43(6,7)58-44(8,9)26-33)53-40-37(31-50-62-56-40)34-27-45(10,11)59-46(12,13)28-34/h29-34,57-59H,14-28H2,1-13H3,(H,48,51,54)(H,49,52,55)(H,50,53,56). The zero-order chi connectivity index (χ0) is 45.0. The van der Waals surface area contributed by atoms with Crippen LogP contribution in [0, 0.1) is 0 Å². The first-order valence-corrected chi connectivity index (χ1v) is 23.8. The van der Waals surface area contributed by atoms with Crippen LogP contribution in [-0.2, 0) is 0 Å². The van der Waals surface area contributed by atoms with Crippen molar-refractivity contribution in [1.29, 1.82) is 0 Å². The van der Waals surface area contributed by atoms with E-state index >= 15 is 0 Å². The summed E-state index contributed by atoms with van der Waals surface area (Å²) in [5.41, 5.74) is 2.58.